The molecule has 0 atom stereocenters. The summed E-state index contributed by atoms with van der Waals surface area (Å²) in [4.78, 5) is 0. The van der Waals surface area contributed by atoms with Crippen LogP contribution in [-0.4, -0.2) is 44.6 Å². The van der Waals surface area contributed by atoms with Crippen LogP contribution in [0.25, 0.3) is 0 Å². The van der Waals surface area contributed by atoms with Crippen molar-refractivity contribution in [3.05, 3.63) is 0 Å². The van der Waals surface area contributed by atoms with Crippen molar-refractivity contribution < 1.29 is 34.5 Å². The van der Waals surface area contributed by atoms with Gasteiger partial charge < -0.3 is 34.5 Å². The molecule has 0 amide bonds. The highest BCUT2D eigenvalue weighted by Crippen LogP contribution is 2.07. The van der Waals surface area contributed by atoms with Crippen molar-refractivity contribution in [2.24, 2.45) is 0 Å². The van der Waals surface area contributed by atoms with E-state index in [0.29, 0.717) is 21.8 Å². The Hall–Kier alpha value is 0.270. The maximum atomic E-state index is 9.75. The Labute approximate surface area is 101 Å². The van der Waals surface area contributed by atoms with E-state index in [-0.39, 0.29) is 0 Å². The van der Waals surface area contributed by atoms with Crippen molar-refractivity contribution in [1.29, 1.82) is 0 Å². The number of rotatable bonds is 2. The van der Waals surface area contributed by atoms with Crippen LogP contribution in [0.2, 0.25) is 0 Å². The van der Waals surface area contributed by atoms with Gasteiger partial charge in [0.15, 0.2) is 0 Å². The van der Waals surface area contributed by atoms with E-state index >= 15 is 0 Å². The summed E-state index contributed by atoms with van der Waals surface area (Å²) in [6, 6.07) is 0. The second-order valence-electron chi connectivity index (χ2n) is 3.08. The monoisotopic (exact) mass is 312 g/mol. The summed E-state index contributed by atoms with van der Waals surface area (Å²) in [7, 11) is -10.7. The van der Waals surface area contributed by atoms with Crippen molar-refractivity contribution in [2.75, 3.05) is 30.1 Å². The van der Waals surface area contributed by atoms with Crippen LogP contribution in [0.15, 0.2) is 0 Å². The predicted molar refractivity (Wildman–Crippen MR) is 63.7 cm³/mol. The minimum atomic E-state index is -6.00. The second-order valence-corrected chi connectivity index (χ2v) is 7.96. The third-order valence-corrected chi connectivity index (χ3v) is 4.24. The van der Waals surface area contributed by atoms with Crippen LogP contribution in [-0.2, 0) is 21.8 Å². The lowest BCUT2D eigenvalue weighted by molar-refractivity contribution is 0.366. The smallest absolute Gasteiger partial charge is 0.418 e. The van der Waals surface area contributed by atoms with E-state index < -0.39 is 14.5 Å². The Morgan fingerprint density at radius 1 is 0.588 bits per heavy atom. The molecule has 0 radical (unpaired) electrons. The molecule has 0 aromatic heterocycles. The Balaban J connectivity index is -0.000000177. The van der Waals surface area contributed by atoms with Crippen molar-refractivity contribution in [3.63, 3.8) is 0 Å². The Bertz CT molecular complexity index is 138. The molecular weight excluding hydrogens is 298 g/mol. The molecule has 0 aromatic carbocycles. The zero-order valence-electron chi connectivity index (χ0n) is 9.70. The molecule has 0 nitrogen and oxygen atoms in total. The van der Waals surface area contributed by atoms with Gasteiger partial charge in [0.05, 0.1) is 0 Å². The number of hydrogen-bond acceptors (Lipinski definition) is 0. The standard InChI is InChI=1S/C5H14S2.2BF4/c1-6(2)5-7(3)4;2*2-1(3,4)5/h5H2,1-4H3;;/q+2;2*-1. The van der Waals surface area contributed by atoms with Crippen molar-refractivity contribution >= 4 is 36.3 Å². The molecule has 108 valence electrons. The molecular formula is C5H14B2F8S2. The van der Waals surface area contributed by atoms with Crippen LogP contribution >= 0.6 is 0 Å². The summed E-state index contributed by atoms with van der Waals surface area (Å²) in [5.74, 6) is 0. The molecule has 12 heteroatoms. The zero-order chi connectivity index (χ0) is 14.9. The lowest BCUT2D eigenvalue weighted by atomic mass is 10.3. The first-order valence-electron chi connectivity index (χ1n) is 3.96. The van der Waals surface area contributed by atoms with E-state index in [9.17, 15) is 34.5 Å². The summed E-state index contributed by atoms with van der Waals surface area (Å²) in [6.45, 7) is 0. The van der Waals surface area contributed by atoms with Gasteiger partial charge in [-0.2, -0.15) is 0 Å². The number of hydrogen-bond donors (Lipinski definition) is 0. The van der Waals surface area contributed by atoms with E-state index in [2.05, 4.69) is 25.0 Å². The first-order chi connectivity index (χ1) is 7.13. The van der Waals surface area contributed by atoms with Gasteiger partial charge in [-0.3, -0.25) is 0 Å². The number of halogens is 8. The molecule has 0 fully saturated rings. The highest BCUT2D eigenvalue weighted by atomic mass is 32.3. The molecule has 0 N–H and O–H groups in total. The topological polar surface area (TPSA) is 0 Å². The summed E-state index contributed by atoms with van der Waals surface area (Å²) in [5, 5.41) is 1.42. The van der Waals surface area contributed by atoms with Crippen molar-refractivity contribution in [2.45, 2.75) is 0 Å². The molecule has 0 heterocycles. The molecule has 0 aliphatic carbocycles. The molecule has 0 saturated heterocycles. The van der Waals surface area contributed by atoms with Crippen molar-refractivity contribution in [1.82, 2.24) is 0 Å². The van der Waals surface area contributed by atoms with Crippen LogP contribution in [0.4, 0.5) is 34.5 Å². The fraction of sp³-hybridized carbons (Fsp3) is 1.00. The van der Waals surface area contributed by atoms with E-state index in [1.807, 2.05) is 0 Å². The quantitative estimate of drug-likeness (QED) is 0.417. The van der Waals surface area contributed by atoms with E-state index in [0.717, 1.165) is 0 Å². The summed E-state index contributed by atoms with van der Waals surface area (Å²) in [5.41, 5.74) is 0. The average molecular weight is 312 g/mol. The highest BCUT2D eigenvalue weighted by molar-refractivity contribution is 8.11. The van der Waals surface area contributed by atoms with Gasteiger partial charge in [0.25, 0.3) is 5.08 Å². The van der Waals surface area contributed by atoms with Crippen LogP contribution in [0.5, 0.6) is 0 Å². The molecule has 0 aliphatic rings. The van der Waals surface area contributed by atoms with Gasteiger partial charge in [-0.1, -0.05) is 0 Å². The third-order valence-electron chi connectivity index (χ3n) is 0.471. The lowest BCUT2D eigenvalue weighted by Crippen LogP contribution is -2.10. The summed E-state index contributed by atoms with van der Waals surface area (Å²) >= 11 is 0. The van der Waals surface area contributed by atoms with Gasteiger partial charge in [-0.05, 0) is 0 Å². The Morgan fingerprint density at radius 2 is 0.706 bits per heavy atom. The van der Waals surface area contributed by atoms with Crippen LogP contribution < -0.4 is 0 Å². The molecule has 0 rings (SSSR count). The molecule has 0 bridgehead atoms. The SMILES string of the molecule is C[S+](C)C[S+](C)C.F[B-](F)(F)F.F[B-](F)(F)F. The molecule has 0 aliphatic heterocycles. The zero-order valence-corrected chi connectivity index (χ0v) is 11.3. The largest absolute Gasteiger partial charge is 0.673 e. The van der Waals surface area contributed by atoms with Crippen LogP contribution in [0.1, 0.15) is 0 Å². The highest BCUT2D eigenvalue weighted by Gasteiger charge is 2.21. The van der Waals surface area contributed by atoms with E-state index in [4.69, 9.17) is 0 Å². The van der Waals surface area contributed by atoms with E-state index in [1.54, 1.807) is 0 Å². The first kappa shape index (κ1) is 22.5. The molecule has 0 unspecified atom stereocenters. The molecule has 0 saturated carbocycles. The van der Waals surface area contributed by atoms with Gasteiger partial charge in [0.2, 0.25) is 0 Å². The van der Waals surface area contributed by atoms with Gasteiger partial charge in [0.1, 0.15) is 25.0 Å². The Morgan fingerprint density at radius 3 is 0.706 bits per heavy atom. The van der Waals surface area contributed by atoms with Gasteiger partial charge >= 0.3 is 14.5 Å². The fourth-order valence-electron chi connectivity index (χ4n) is 0.471. The first-order valence-corrected chi connectivity index (χ1v) is 8.38. The molecule has 17 heavy (non-hydrogen) atoms. The fourth-order valence-corrected chi connectivity index (χ4v) is 4.24. The van der Waals surface area contributed by atoms with Gasteiger partial charge in [-0.25, -0.2) is 0 Å². The lowest BCUT2D eigenvalue weighted by Gasteiger charge is -1.94. The summed E-state index contributed by atoms with van der Waals surface area (Å²) < 4.78 is 78.0. The second kappa shape index (κ2) is 10.2. The van der Waals surface area contributed by atoms with Crippen LogP contribution in [0.3, 0.4) is 0 Å². The Kier molecular flexibility index (Phi) is 13.5. The molecule has 0 aromatic rings. The van der Waals surface area contributed by atoms with Gasteiger partial charge in [-0.15, -0.1) is 0 Å². The van der Waals surface area contributed by atoms with Crippen LogP contribution in [0, 0.1) is 0 Å². The van der Waals surface area contributed by atoms with E-state index in [1.165, 1.54) is 5.08 Å². The maximum absolute atomic E-state index is 9.75. The minimum absolute atomic E-state index is 0.667. The third kappa shape index (κ3) is 182. The van der Waals surface area contributed by atoms with Gasteiger partial charge in [0, 0.05) is 21.8 Å². The molecule has 0 spiro atoms. The maximum Gasteiger partial charge on any atom is 0.673 e. The predicted octanol–water partition coefficient (Wildman–Crippen LogP) is 3.30. The minimum Gasteiger partial charge on any atom is -0.418 e. The van der Waals surface area contributed by atoms with Crippen molar-refractivity contribution in [3.8, 4) is 0 Å². The normalized spacial score (nSPS) is 11.6. The summed E-state index contributed by atoms with van der Waals surface area (Å²) in [6.07, 6.45) is 9.19. The average Bonchev–Trinajstić information content (AvgIpc) is 1.71.